The number of hydrogen-bond acceptors (Lipinski definition) is 4. The van der Waals surface area contributed by atoms with Gasteiger partial charge in [0.05, 0.1) is 0 Å². The topological polar surface area (TPSA) is 70.7 Å². The van der Waals surface area contributed by atoms with Gasteiger partial charge in [0.15, 0.2) is 6.10 Å². The van der Waals surface area contributed by atoms with Gasteiger partial charge in [0.2, 0.25) is 0 Å². The van der Waals surface area contributed by atoms with Crippen molar-refractivity contribution in [2.75, 3.05) is 19.0 Å². The number of nitrogens with one attached hydrogen (secondary N) is 2. The first-order valence-corrected chi connectivity index (χ1v) is 8.04. The Hall–Kier alpha value is -2.73. The molecule has 2 aromatic rings. The third-order valence-electron chi connectivity index (χ3n) is 3.42. The van der Waals surface area contributed by atoms with Crippen LogP contribution in [0.5, 0.6) is 5.75 Å². The minimum absolute atomic E-state index is 0.407. The van der Waals surface area contributed by atoms with Crippen molar-refractivity contribution in [1.29, 1.82) is 0 Å². The zero-order chi connectivity index (χ0) is 18.4. The third-order valence-corrected chi connectivity index (χ3v) is 3.67. The number of anilines is 1. The molecule has 0 aliphatic rings. The van der Waals surface area contributed by atoms with Gasteiger partial charge >= 0.3 is 0 Å². The van der Waals surface area contributed by atoms with E-state index in [-0.39, 0.29) is 0 Å². The molecule has 2 N–H and O–H groups in total. The maximum Gasteiger partial charge on any atom is 0.279 e. The zero-order valence-corrected chi connectivity index (χ0v) is 15.0. The molecule has 7 heteroatoms. The van der Waals surface area contributed by atoms with Crippen molar-refractivity contribution >= 4 is 29.1 Å². The molecular formula is C18H20ClN3O3. The molecule has 0 spiro atoms. The lowest BCUT2D eigenvalue weighted by molar-refractivity contribution is -0.128. The van der Waals surface area contributed by atoms with Gasteiger partial charge in [0.25, 0.3) is 11.8 Å². The van der Waals surface area contributed by atoms with Crippen LogP contribution in [0.1, 0.15) is 17.3 Å². The van der Waals surface area contributed by atoms with Gasteiger partial charge in [-0.15, -0.1) is 0 Å². The Morgan fingerprint density at radius 3 is 2.40 bits per heavy atom. The number of benzene rings is 2. The maximum absolute atomic E-state index is 12.1. The molecule has 6 nitrogen and oxygen atoms in total. The van der Waals surface area contributed by atoms with Crippen LogP contribution in [0.25, 0.3) is 0 Å². The summed E-state index contributed by atoms with van der Waals surface area (Å²) in [5, 5.41) is 0.580. The van der Waals surface area contributed by atoms with E-state index < -0.39 is 17.9 Å². The van der Waals surface area contributed by atoms with Crippen molar-refractivity contribution in [2.45, 2.75) is 13.0 Å². The van der Waals surface area contributed by atoms with Crippen molar-refractivity contribution in [2.24, 2.45) is 0 Å². The van der Waals surface area contributed by atoms with Crippen LogP contribution in [0.3, 0.4) is 0 Å². The summed E-state index contributed by atoms with van der Waals surface area (Å²) in [6.07, 6.45) is -0.783. The Morgan fingerprint density at radius 2 is 1.76 bits per heavy atom. The molecule has 1 atom stereocenters. The molecule has 1 unspecified atom stereocenters. The first-order valence-electron chi connectivity index (χ1n) is 7.66. The molecule has 0 bridgehead atoms. The second-order valence-electron chi connectivity index (χ2n) is 5.60. The molecule has 0 aromatic heterocycles. The summed E-state index contributed by atoms with van der Waals surface area (Å²) in [7, 11) is 3.77. The predicted octanol–water partition coefficient (Wildman–Crippen LogP) is 2.63. The first-order chi connectivity index (χ1) is 11.9. The van der Waals surface area contributed by atoms with Gasteiger partial charge in [-0.05, 0) is 49.4 Å². The lowest BCUT2D eigenvalue weighted by atomic mass is 10.2. The highest BCUT2D eigenvalue weighted by atomic mass is 35.5. The van der Waals surface area contributed by atoms with Crippen molar-refractivity contribution < 1.29 is 14.3 Å². The summed E-state index contributed by atoms with van der Waals surface area (Å²) in [5.41, 5.74) is 6.07. The van der Waals surface area contributed by atoms with E-state index in [0.717, 1.165) is 5.69 Å². The highest BCUT2D eigenvalue weighted by molar-refractivity contribution is 6.30. The monoisotopic (exact) mass is 361 g/mol. The van der Waals surface area contributed by atoms with Gasteiger partial charge in [-0.25, -0.2) is 0 Å². The van der Waals surface area contributed by atoms with Crippen LogP contribution in [0.2, 0.25) is 5.02 Å². The van der Waals surface area contributed by atoms with Gasteiger partial charge < -0.3 is 9.64 Å². The van der Waals surface area contributed by atoms with Gasteiger partial charge in [-0.3, -0.25) is 20.4 Å². The molecule has 0 saturated heterocycles. The normalized spacial score (nSPS) is 11.4. The fraction of sp³-hybridized carbons (Fsp3) is 0.222. The van der Waals surface area contributed by atoms with E-state index in [1.54, 1.807) is 49.4 Å². The predicted molar refractivity (Wildman–Crippen MR) is 97.9 cm³/mol. The van der Waals surface area contributed by atoms with Crippen molar-refractivity contribution in [3.8, 4) is 5.75 Å². The molecule has 0 saturated carbocycles. The summed E-state index contributed by atoms with van der Waals surface area (Å²) in [5.74, 6) is -0.361. The van der Waals surface area contributed by atoms with Crippen LogP contribution in [-0.2, 0) is 4.79 Å². The summed E-state index contributed by atoms with van der Waals surface area (Å²) < 4.78 is 5.49. The van der Waals surface area contributed by atoms with Crippen molar-refractivity contribution in [3.63, 3.8) is 0 Å². The fourth-order valence-electron chi connectivity index (χ4n) is 1.99. The largest absolute Gasteiger partial charge is 0.481 e. The Morgan fingerprint density at radius 1 is 1.08 bits per heavy atom. The molecule has 25 heavy (non-hydrogen) atoms. The minimum atomic E-state index is -0.783. The molecule has 132 valence electrons. The Kier molecular flexibility index (Phi) is 6.25. The molecular weight excluding hydrogens is 342 g/mol. The van der Waals surface area contributed by atoms with E-state index in [4.69, 9.17) is 16.3 Å². The molecule has 0 aliphatic carbocycles. The molecule has 2 rings (SSSR count). The quantitative estimate of drug-likeness (QED) is 0.803. The number of hydrazine groups is 1. The average molecular weight is 362 g/mol. The van der Waals surface area contributed by atoms with Crippen LogP contribution in [0, 0.1) is 0 Å². The lowest BCUT2D eigenvalue weighted by Crippen LogP contribution is -2.47. The van der Waals surface area contributed by atoms with E-state index in [1.165, 1.54) is 0 Å². The van der Waals surface area contributed by atoms with Crippen LogP contribution < -0.4 is 20.5 Å². The lowest BCUT2D eigenvalue weighted by Gasteiger charge is -2.16. The Bertz CT molecular complexity index is 747. The summed E-state index contributed by atoms with van der Waals surface area (Å²) in [6.45, 7) is 1.59. The maximum atomic E-state index is 12.1. The van der Waals surface area contributed by atoms with E-state index in [1.807, 2.05) is 25.1 Å². The summed E-state index contributed by atoms with van der Waals surface area (Å²) in [4.78, 5) is 26.1. The second kappa shape index (κ2) is 8.39. The second-order valence-corrected chi connectivity index (χ2v) is 6.04. The molecule has 2 amide bonds. The number of nitrogens with zero attached hydrogens (tertiary/aromatic N) is 1. The van der Waals surface area contributed by atoms with Crippen LogP contribution in [0.15, 0.2) is 48.5 Å². The SMILES string of the molecule is CC(Oc1ccc(Cl)cc1)C(=O)NNC(=O)c1cccc(N(C)C)c1. The van der Waals surface area contributed by atoms with E-state index in [2.05, 4.69) is 10.9 Å². The number of carbonyl (C=O) groups is 2. The van der Waals surface area contributed by atoms with Gasteiger partial charge in [-0.1, -0.05) is 17.7 Å². The standard InChI is InChI=1S/C18H20ClN3O3/c1-12(25-16-9-7-14(19)8-10-16)17(23)20-21-18(24)13-5-4-6-15(11-13)22(2)3/h4-12H,1-3H3,(H,20,23)(H,21,24). The number of amides is 2. The fourth-order valence-corrected chi connectivity index (χ4v) is 2.11. The highest BCUT2D eigenvalue weighted by Crippen LogP contribution is 2.17. The molecule has 0 heterocycles. The van der Waals surface area contributed by atoms with Crippen LogP contribution in [-0.4, -0.2) is 32.0 Å². The van der Waals surface area contributed by atoms with Gasteiger partial charge in [-0.2, -0.15) is 0 Å². The zero-order valence-electron chi connectivity index (χ0n) is 14.2. The van der Waals surface area contributed by atoms with Crippen LogP contribution >= 0.6 is 11.6 Å². The van der Waals surface area contributed by atoms with Crippen LogP contribution in [0.4, 0.5) is 5.69 Å². The van der Waals surface area contributed by atoms with Crippen molar-refractivity contribution in [1.82, 2.24) is 10.9 Å². The number of halogens is 1. The van der Waals surface area contributed by atoms with Gasteiger partial charge in [0.1, 0.15) is 5.75 Å². The van der Waals surface area contributed by atoms with E-state index in [9.17, 15) is 9.59 Å². The van der Waals surface area contributed by atoms with E-state index in [0.29, 0.717) is 16.3 Å². The van der Waals surface area contributed by atoms with Gasteiger partial charge in [0, 0.05) is 30.4 Å². The highest BCUT2D eigenvalue weighted by Gasteiger charge is 2.16. The van der Waals surface area contributed by atoms with Crippen molar-refractivity contribution in [3.05, 3.63) is 59.1 Å². The van der Waals surface area contributed by atoms with E-state index >= 15 is 0 Å². The smallest absolute Gasteiger partial charge is 0.279 e. The number of ether oxygens (including phenoxy) is 1. The number of carbonyl (C=O) groups excluding carboxylic acids is 2. The molecule has 2 aromatic carbocycles. The number of rotatable bonds is 5. The Labute approximate surface area is 151 Å². The summed E-state index contributed by atoms with van der Waals surface area (Å²) in [6, 6.07) is 13.7. The minimum Gasteiger partial charge on any atom is -0.481 e. The summed E-state index contributed by atoms with van der Waals surface area (Å²) >= 11 is 5.80. The molecule has 0 fully saturated rings. The third kappa shape index (κ3) is 5.39. The first kappa shape index (κ1) is 18.6. The average Bonchev–Trinajstić information content (AvgIpc) is 2.61. The Balaban J connectivity index is 1.89. The molecule has 0 radical (unpaired) electrons. The molecule has 0 aliphatic heterocycles. The number of hydrogen-bond donors (Lipinski definition) is 2.